The van der Waals surface area contributed by atoms with Crippen LogP contribution in [0.1, 0.15) is 13.3 Å². The van der Waals surface area contributed by atoms with Crippen LogP contribution < -0.4 is 0 Å². The van der Waals surface area contributed by atoms with Crippen molar-refractivity contribution in [1.82, 2.24) is 0 Å². The number of rotatable bonds is 7. The van der Waals surface area contributed by atoms with Gasteiger partial charge < -0.3 is 9.47 Å². The van der Waals surface area contributed by atoms with Crippen LogP contribution in [0.5, 0.6) is 0 Å². The molecule has 0 aliphatic rings. The van der Waals surface area contributed by atoms with E-state index in [9.17, 15) is 9.59 Å². The van der Waals surface area contributed by atoms with Gasteiger partial charge in [0.1, 0.15) is 5.75 Å². The fourth-order valence-electron chi connectivity index (χ4n) is 0.685. The van der Waals surface area contributed by atoms with Gasteiger partial charge in [0, 0.05) is 11.5 Å². The summed E-state index contributed by atoms with van der Waals surface area (Å²) in [5.74, 6) is -0.556. The summed E-state index contributed by atoms with van der Waals surface area (Å²) in [5, 5.41) is 2.79. The van der Waals surface area contributed by atoms with Gasteiger partial charge in [0.2, 0.25) is 0 Å². The van der Waals surface area contributed by atoms with E-state index < -0.39 is 11.3 Å². The summed E-state index contributed by atoms with van der Waals surface area (Å²) >= 11 is 0.760. The zero-order valence-corrected chi connectivity index (χ0v) is 9.73. The number of esters is 1. The molecule has 90 valence electrons. The van der Waals surface area contributed by atoms with Crippen LogP contribution in [0.15, 0.2) is 5.11 Å². The Morgan fingerprint density at radius 3 is 2.81 bits per heavy atom. The van der Waals surface area contributed by atoms with E-state index in [1.54, 1.807) is 6.92 Å². The number of carbonyl (C=O) groups is 2. The third kappa shape index (κ3) is 9.17. The van der Waals surface area contributed by atoms with Gasteiger partial charge >= 0.3 is 11.3 Å². The number of carbonyl (C=O) groups excluding carboxylic acids is 2. The first-order valence-electron chi connectivity index (χ1n) is 4.66. The fraction of sp³-hybridized carbons (Fsp3) is 0.750. The first kappa shape index (κ1) is 14.6. The molecule has 0 amide bonds. The molecule has 0 unspecified atom stereocenters. The molecule has 0 bridgehead atoms. The smallest absolute Gasteiger partial charge is 0.367 e. The van der Waals surface area contributed by atoms with Crippen molar-refractivity contribution in [2.45, 2.75) is 13.3 Å². The van der Waals surface area contributed by atoms with Gasteiger partial charge in [-0.3, -0.25) is 4.79 Å². The summed E-state index contributed by atoms with van der Waals surface area (Å²) in [6.45, 7) is 2.44. The average Bonchev–Trinajstić information content (AvgIpc) is 2.26. The van der Waals surface area contributed by atoms with E-state index in [1.807, 2.05) is 0 Å². The molecule has 16 heavy (non-hydrogen) atoms. The van der Waals surface area contributed by atoms with Gasteiger partial charge in [0.25, 0.3) is 0 Å². The lowest BCUT2D eigenvalue weighted by molar-refractivity contribution is -0.140. The molecule has 0 aromatic carbocycles. The van der Waals surface area contributed by atoms with Crippen molar-refractivity contribution in [3.8, 4) is 0 Å². The molecule has 7 nitrogen and oxygen atoms in total. The van der Waals surface area contributed by atoms with E-state index in [0.717, 1.165) is 11.8 Å². The molecule has 0 N–H and O–H groups in total. The van der Waals surface area contributed by atoms with E-state index in [-0.39, 0.29) is 25.5 Å². The Balaban J connectivity index is 3.44. The highest BCUT2D eigenvalue weighted by Crippen LogP contribution is 2.05. The minimum Gasteiger partial charge on any atom is -0.465 e. The van der Waals surface area contributed by atoms with Crippen molar-refractivity contribution in [1.29, 1.82) is 0 Å². The predicted octanol–water partition coefficient (Wildman–Crippen LogP) is 2.12. The van der Waals surface area contributed by atoms with Crippen molar-refractivity contribution in [3.63, 3.8) is 0 Å². The number of nitrogens with zero attached hydrogens (tertiary/aromatic N) is 3. The highest BCUT2D eigenvalue weighted by molar-refractivity contribution is 8.13. The predicted molar refractivity (Wildman–Crippen MR) is 59.1 cm³/mol. The molecule has 0 heterocycles. The second kappa shape index (κ2) is 10.1. The summed E-state index contributed by atoms with van der Waals surface area (Å²) in [5.41, 5.74) is 7.97. The third-order valence-corrected chi connectivity index (χ3v) is 2.03. The van der Waals surface area contributed by atoms with Crippen LogP contribution in [-0.4, -0.2) is 36.8 Å². The summed E-state index contributed by atoms with van der Waals surface area (Å²) in [6.07, 6.45) is 0.472. The summed E-state index contributed by atoms with van der Waals surface area (Å²) in [6, 6.07) is 0. The van der Waals surface area contributed by atoms with Gasteiger partial charge in [-0.2, -0.15) is 0 Å². The molecule has 0 rings (SSSR count). The number of ether oxygens (including phenoxy) is 2. The van der Waals surface area contributed by atoms with E-state index >= 15 is 0 Å². The Kier molecular flexibility index (Phi) is 9.24. The first-order valence-corrected chi connectivity index (χ1v) is 5.65. The van der Waals surface area contributed by atoms with Crippen LogP contribution in [0.25, 0.3) is 10.4 Å². The maximum atomic E-state index is 11.0. The van der Waals surface area contributed by atoms with Crippen molar-refractivity contribution < 1.29 is 19.1 Å². The lowest BCUT2D eigenvalue weighted by Gasteiger charge is -2.02. The Morgan fingerprint density at radius 2 is 2.19 bits per heavy atom. The zero-order chi connectivity index (χ0) is 12.2. The zero-order valence-electron chi connectivity index (χ0n) is 8.92. The van der Waals surface area contributed by atoms with Crippen molar-refractivity contribution >= 4 is 23.0 Å². The third-order valence-electron chi connectivity index (χ3n) is 1.30. The number of hydrogen-bond donors (Lipinski definition) is 0. The van der Waals surface area contributed by atoms with Crippen LogP contribution in [-0.2, 0) is 14.3 Å². The molecule has 0 saturated heterocycles. The standard InChI is InChI=1S/C8H13N3O4S/c1-2-14-8(13)16-6-7(12)15-5-3-4-10-11-9/h2-6H2,1H3. The highest BCUT2D eigenvalue weighted by Gasteiger charge is 2.08. The molecule has 8 heteroatoms. The second-order valence-electron chi connectivity index (χ2n) is 2.50. The molecule has 0 spiro atoms. The Hall–Kier alpha value is -1.40. The monoisotopic (exact) mass is 247 g/mol. The number of thioether (sulfide) groups is 1. The molecular formula is C8H13N3O4S. The SMILES string of the molecule is CCOC(=O)SCC(=O)OCCCN=[N+]=[N-]. The number of azide groups is 1. The summed E-state index contributed by atoms with van der Waals surface area (Å²) in [4.78, 5) is 24.4. The first-order chi connectivity index (χ1) is 7.70. The Labute approximate surface area is 97.1 Å². The lowest BCUT2D eigenvalue weighted by atomic mass is 10.5. The van der Waals surface area contributed by atoms with Crippen molar-refractivity contribution in [2.75, 3.05) is 25.5 Å². The topological polar surface area (TPSA) is 101 Å². The largest absolute Gasteiger partial charge is 0.465 e. The molecule has 0 atom stereocenters. The fourth-order valence-corrected chi connectivity index (χ4v) is 1.21. The van der Waals surface area contributed by atoms with Crippen LogP contribution in [0, 0.1) is 0 Å². The molecule has 0 aromatic heterocycles. The minimum absolute atomic E-state index is 0.0691. The molecular weight excluding hydrogens is 234 g/mol. The van der Waals surface area contributed by atoms with Crippen LogP contribution >= 0.6 is 11.8 Å². The molecule has 0 radical (unpaired) electrons. The van der Waals surface area contributed by atoms with Crippen LogP contribution in [0.4, 0.5) is 4.79 Å². The minimum atomic E-state index is -0.492. The molecule has 0 aliphatic heterocycles. The Morgan fingerprint density at radius 1 is 1.44 bits per heavy atom. The Bertz CT molecular complexity index is 278. The average molecular weight is 247 g/mol. The normalized spacial score (nSPS) is 9.06. The van der Waals surface area contributed by atoms with Gasteiger partial charge in [0.05, 0.1) is 13.2 Å². The lowest BCUT2D eigenvalue weighted by Crippen LogP contribution is -2.11. The molecule has 0 fully saturated rings. The highest BCUT2D eigenvalue weighted by atomic mass is 32.2. The van der Waals surface area contributed by atoms with Gasteiger partial charge in [-0.15, -0.1) is 0 Å². The van der Waals surface area contributed by atoms with Gasteiger partial charge in [0.15, 0.2) is 0 Å². The quantitative estimate of drug-likeness (QED) is 0.225. The molecule has 0 aromatic rings. The second-order valence-corrected chi connectivity index (χ2v) is 3.41. The number of hydrogen-bond acceptors (Lipinski definition) is 6. The maximum Gasteiger partial charge on any atom is 0.367 e. The molecule has 0 saturated carbocycles. The van der Waals surface area contributed by atoms with Gasteiger partial charge in [-0.25, -0.2) is 4.79 Å². The van der Waals surface area contributed by atoms with Crippen LogP contribution in [0.3, 0.4) is 0 Å². The van der Waals surface area contributed by atoms with E-state index in [2.05, 4.69) is 14.8 Å². The summed E-state index contributed by atoms with van der Waals surface area (Å²) < 4.78 is 9.38. The van der Waals surface area contributed by atoms with E-state index in [0.29, 0.717) is 6.42 Å². The van der Waals surface area contributed by atoms with Crippen molar-refractivity contribution in [3.05, 3.63) is 10.4 Å². The van der Waals surface area contributed by atoms with Gasteiger partial charge in [-0.1, -0.05) is 5.11 Å². The van der Waals surface area contributed by atoms with E-state index in [4.69, 9.17) is 10.3 Å². The van der Waals surface area contributed by atoms with Crippen LogP contribution in [0.2, 0.25) is 0 Å². The maximum absolute atomic E-state index is 11.0. The van der Waals surface area contributed by atoms with Crippen molar-refractivity contribution in [2.24, 2.45) is 5.11 Å². The van der Waals surface area contributed by atoms with E-state index in [1.165, 1.54) is 0 Å². The molecule has 0 aliphatic carbocycles. The summed E-state index contributed by atoms with van der Waals surface area (Å²) in [7, 11) is 0. The van der Waals surface area contributed by atoms with Gasteiger partial charge in [-0.05, 0) is 30.6 Å².